The Kier molecular flexibility index (Phi) is 8.27. The van der Waals surface area contributed by atoms with Crippen molar-refractivity contribution in [1.29, 1.82) is 0 Å². The van der Waals surface area contributed by atoms with Crippen molar-refractivity contribution in [1.82, 2.24) is 15.4 Å². The van der Waals surface area contributed by atoms with Crippen LogP contribution in [0.3, 0.4) is 0 Å². The van der Waals surface area contributed by atoms with Crippen LogP contribution in [0.2, 0.25) is 0 Å². The summed E-state index contributed by atoms with van der Waals surface area (Å²) in [5.74, 6) is 0.805. The van der Waals surface area contributed by atoms with E-state index in [4.69, 9.17) is 0 Å². The Morgan fingerprint density at radius 2 is 2.00 bits per heavy atom. The Hall–Kier alpha value is -0.870. The van der Waals surface area contributed by atoms with Crippen molar-refractivity contribution in [3.05, 3.63) is 35.4 Å². The molecule has 2 rings (SSSR count). The van der Waals surface area contributed by atoms with E-state index in [2.05, 4.69) is 20.3 Å². The zero-order valence-electron chi connectivity index (χ0n) is 13.5. The van der Waals surface area contributed by atoms with Crippen LogP contribution in [0.25, 0.3) is 0 Å². The van der Waals surface area contributed by atoms with Gasteiger partial charge in [-0.05, 0) is 37.9 Å². The van der Waals surface area contributed by atoms with E-state index < -0.39 is 10.0 Å². The van der Waals surface area contributed by atoms with Gasteiger partial charge in [0.15, 0.2) is 5.96 Å². The number of guanidine groups is 1. The highest BCUT2D eigenvalue weighted by Crippen LogP contribution is 2.18. The van der Waals surface area contributed by atoms with Crippen LogP contribution in [0.4, 0.5) is 0 Å². The summed E-state index contributed by atoms with van der Waals surface area (Å²) in [6.07, 6.45) is 2.39. The average Bonchev–Trinajstić information content (AvgIpc) is 3.29. The quantitative estimate of drug-likeness (QED) is 0.333. The van der Waals surface area contributed by atoms with E-state index in [-0.39, 0.29) is 29.7 Å². The van der Waals surface area contributed by atoms with Crippen molar-refractivity contribution < 1.29 is 8.42 Å². The average molecular weight is 452 g/mol. The molecule has 6 nitrogen and oxygen atoms in total. The molecule has 0 bridgehead atoms. The lowest BCUT2D eigenvalue weighted by atomic mass is 10.1. The predicted octanol–water partition coefficient (Wildman–Crippen LogP) is 1.57. The summed E-state index contributed by atoms with van der Waals surface area (Å²) in [4.78, 5) is 4.55. The van der Waals surface area contributed by atoms with Crippen LogP contribution in [0.1, 0.15) is 30.9 Å². The van der Waals surface area contributed by atoms with Crippen molar-refractivity contribution in [3.63, 3.8) is 0 Å². The summed E-state index contributed by atoms with van der Waals surface area (Å²) >= 11 is 0. The molecule has 1 aromatic carbocycles. The van der Waals surface area contributed by atoms with Gasteiger partial charge in [0.1, 0.15) is 0 Å². The lowest BCUT2D eigenvalue weighted by molar-refractivity contribution is 0.587. The first-order valence-electron chi connectivity index (χ1n) is 7.56. The molecular formula is C15H25IN4O2S. The number of nitrogens with one attached hydrogen (secondary N) is 3. The van der Waals surface area contributed by atoms with E-state index >= 15 is 0 Å². The van der Waals surface area contributed by atoms with Crippen LogP contribution < -0.4 is 15.4 Å². The fraction of sp³-hybridized carbons (Fsp3) is 0.533. The van der Waals surface area contributed by atoms with Gasteiger partial charge in [-0.3, -0.25) is 0 Å². The molecule has 0 heterocycles. The van der Waals surface area contributed by atoms with Gasteiger partial charge in [0.25, 0.3) is 0 Å². The summed E-state index contributed by atoms with van der Waals surface area (Å²) in [7, 11) is -1.82. The third-order valence-corrected chi connectivity index (χ3v) is 4.68. The standard InChI is InChI=1S/C15H24N4O2S.HI/c1-3-17-15(19-14-7-8-14)18-10-12-5-4-6-13(9-12)11-22(20,21)16-2;/h4-6,9,14,16H,3,7-8,10-11H2,1-2H3,(H2,17,18,19);1H. The van der Waals surface area contributed by atoms with Gasteiger partial charge < -0.3 is 10.6 Å². The summed E-state index contributed by atoms with van der Waals surface area (Å²) in [6, 6.07) is 8.08. The topological polar surface area (TPSA) is 82.6 Å². The van der Waals surface area contributed by atoms with E-state index in [1.54, 1.807) is 0 Å². The fourth-order valence-corrected chi connectivity index (χ4v) is 2.78. The highest BCUT2D eigenvalue weighted by molar-refractivity contribution is 14.0. The smallest absolute Gasteiger partial charge is 0.215 e. The molecule has 8 heteroatoms. The third-order valence-electron chi connectivity index (χ3n) is 3.34. The van der Waals surface area contributed by atoms with Gasteiger partial charge in [-0.2, -0.15) is 0 Å². The lowest BCUT2D eigenvalue weighted by Gasteiger charge is -2.10. The molecule has 1 aliphatic carbocycles. The number of sulfonamides is 1. The van der Waals surface area contributed by atoms with Crippen molar-refractivity contribution in [2.24, 2.45) is 4.99 Å². The van der Waals surface area contributed by atoms with Crippen molar-refractivity contribution in [2.75, 3.05) is 13.6 Å². The van der Waals surface area contributed by atoms with Gasteiger partial charge in [0.05, 0.1) is 12.3 Å². The van der Waals surface area contributed by atoms with Crippen molar-refractivity contribution in [3.8, 4) is 0 Å². The zero-order valence-corrected chi connectivity index (χ0v) is 16.6. The number of hydrogen-bond acceptors (Lipinski definition) is 3. The molecule has 1 fully saturated rings. The Labute approximate surface area is 155 Å². The van der Waals surface area contributed by atoms with Crippen LogP contribution >= 0.6 is 24.0 Å². The molecule has 0 saturated heterocycles. The van der Waals surface area contributed by atoms with Crippen LogP contribution in [-0.4, -0.2) is 34.0 Å². The monoisotopic (exact) mass is 452 g/mol. The SMILES string of the molecule is CCNC(=NCc1cccc(CS(=O)(=O)NC)c1)NC1CC1.I. The van der Waals surface area contributed by atoms with Crippen molar-refractivity contribution in [2.45, 2.75) is 38.1 Å². The van der Waals surface area contributed by atoms with E-state index in [0.29, 0.717) is 12.6 Å². The second-order valence-corrected chi connectivity index (χ2v) is 7.32. The van der Waals surface area contributed by atoms with Crippen LogP contribution in [0.15, 0.2) is 29.3 Å². The van der Waals surface area contributed by atoms with Crippen LogP contribution in [-0.2, 0) is 22.3 Å². The second-order valence-electron chi connectivity index (χ2n) is 5.40. The maximum absolute atomic E-state index is 11.6. The van der Waals surface area contributed by atoms with Gasteiger partial charge in [0.2, 0.25) is 10.0 Å². The minimum absolute atomic E-state index is 0. The summed E-state index contributed by atoms with van der Waals surface area (Å²) in [5, 5.41) is 6.58. The molecule has 0 aromatic heterocycles. The van der Waals surface area contributed by atoms with E-state index in [9.17, 15) is 8.42 Å². The molecule has 1 aromatic rings. The summed E-state index contributed by atoms with van der Waals surface area (Å²) < 4.78 is 25.5. The first kappa shape index (κ1) is 20.2. The molecular weight excluding hydrogens is 427 g/mol. The maximum Gasteiger partial charge on any atom is 0.215 e. The summed E-state index contributed by atoms with van der Waals surface area (Å²) in [6.45, 7) is 3.38. The molecule has 1 saturated carbocycles. The normalized spacial score (nSPS) is 15.0. The molecule has 0 unspecified atom stereocenters. The highest BCUT2D eigenvalue weighted by atomic mass is 127. The number of nitrogens with zero attached hydrogens (tertiary/aromatic N) is 1. The van der Waals surface area contributed by atoms with Gasteiger partial charge in [-0.15, -0.1) is 24.0 Å². The van der Waals surface area contributed by atoms with E-state index in [1.165, 1.54) is 19.9 Å². The minimum Gasteiger partial charge on any atom is -0.357 e. The molecule has 0 radical (unpaired) electrons. The first-order valence-corrected chi connectivity index (χ1v) is 9.21. The van der Waals surface area contributed by atoms with Gasteiger partial charge >= 0.3 is 0 Å². The molecule has 0 amide bonds. The van der Waals surface area contributed by atoms with Gasteiger partial charge in [0, 0.05) is 12.6 Å². The Balaban J connectivity index is 0.00000264. The first-order chi connectivity index (χ1) is 10.5. The molecule has 0 spiro atoms. The third kappa shape index (κ3) is 7.49. The highest BCUT2D eigenvalue weighted by Gasteiger charge is 2.22. The van der Waals surface area contributed by atoms with Gasteiger partial charge in [-0.25, -0.2) is 18.1 Å². The molecule has 130 valence electrons. The number of aliphatic imine (C=N–C) groups is 1. The second kappa shape index (κ2) is 9.43. The lowest BCUT2D eigenvalue weighted by Crippen LogP contribution is -2.38. The zero-order chi connectivity index (χ0) is 16.0. The predicted molar refractivity (Wildman–Crippen MR) is 105 cm³/mol. The number of hydrogen-bond donors (Lipinski definition) is 3. The summed E-state index contributed by atoms with van der Waals surface area (Å²) in [5.41, 5.74) is 1.76. The number of halogens is 1. The molecule has 23 heavy (non-hydrogen) atoms. The molecule has 3 N–H and O–H groups in total. The fourth-order valence-electron chi connectivity index (χ4n) is 2.02. The number of benzene rings is 1. The van der Waals surface area contributed by atoms with E-state index in [0.717, 1.165) is 23.6 Å². The number of rotatable bonds is 7. The molecule has 1 aliphatic rings. The largest absolute Gasteiger partial charge is 0.357 e. The Morgan fingerprint density at radius 3 is 2.61 bits per heavy atom. The molecule has 0 aliphatic heterocycles. The van der Waals surface area contributed by atoms with Crippen LogP contribution in [0, 0.1) is 0 Å². The van der Waals surface area contributed by atoms with Gasteiger partial charge in [-0.1, -0.05) is 24.3 Å². The Bertz CT molecular complexity index is 630. The van der Waals surface area contributed by atoms with Crippen molar-refractivity contribution >= 4 is 40.0 Å². The van der Waals surface area contributed by atoms with Crippen LogP contribution in [0.5, 0.6) is 0 Å². The molecule has 0 atom stereocenters. The minimum atomic E-state index is -3.25. The van der Waals surface area contributed by atoms with E-state index in [1.807, 2.05) is 31.2 Å². The maximum atomic E-state index is 11.6. The Morgan fingerprint density at radius 1 is 1.30 bits per heavy atom.